The standard InChI is InChI=1S/C20H29NO/c1-13-7-12-17-14(2)18(13)19(22-20(17,3)4)15-8-10-16(11-9-15)21(5)6/h7-11,14,17-19H,12H2,1-6H3/t14-,17-,18+,19-/m1/s1. The molecule has 0 aromatic heterocycles. The van der Waals surface area contributed by atoms with E-state index in [1.807, 2.05) is 0 Å². The predicted octanol–water partition coefficient (Wildman–Crippen LogP) is 4.82. The SMILES string of the molecule is CC1=CC[C@@H]2[C@@H](C)[C@H]1[C@@H](c1ccc(N(C)C)cc1)OC2(C)C. The van der Waals surface area contributed by atoms with Crippen molar-refractivity contribution < 1.29 is 4.74 Å². The van der Waals surface area contributed by atoms with Gasteiger partial charge in [-0.05, 0) is 56.7 Å². The number of fused-ring (bicyclic) bond motifs is 2. The Morgan fingerprint density at radius 3 is 2.36 bits per heavy atom. The van der Waals surface area contributed by atoms with Crippen molar-refractivity contribution in [2.45, 2.75) is 45.8 Å². The maximum atomic E-state index is 6.61. The fraction of sp³-hybridized carbons (Fsp3) is 0.600. The van der Waals surface area contributed by atoms with Crippen molar-refractivity contribution in [3.05, 3.63) is 41.5 Å². The average molecular weight is 299 g/mol. The maximum absolute atomic E-state index is 6.61. The lowest BCUT2D eigenvalue weighted by Crippen LogP contribution is -2.50. The van der Waals surface area contributed by atoms with Crippen LogP contribution in [0, 0.1) is 17.8 Å². The molecule has 1 aromatic carbocycles. The number of ether oxygens (including phenoxy) is 1. The normalized spacial score (nSPS) is 33.3. The van der Waals surface area contributed by atoms with Crippen molar-refractivity contribution in [2.24, 2.45) is 17.8 Å². The van der Waals surface area contributed by atoms with Crippen LogP contribution in [0.4, 0.5) is 5.69 Å². The molecular formula is C20H29NO. The lowest BCUT2D eigenvalue weighted by molar-refractivity contribution is -0.189. The number of rotatable bonds is 2. The average Bonchev–Trinajstić information content (AvgIpc) is 2.44. The van der Waals surface area contributed by atoms with E-state index in [4.69, 9.17) is 4.74 Å². The van der Waals surface area contributed by atoms with Crippen LogP contribution in [0.1, 0.15) is 45.8 Å². The Hall–Kier alpha value is -1.28. The predicted molar refractivity (Wildman–Crippen MR) is 93.2 cm³/mol. The van der Waals surface area contributed by atoms with Gasteiger partial charge in [-0.25, -0.2) is 0 Å². The molecule has 120 valence electrons. The van der Waals surface area contributed by atoms with Crippen LogP contribution in [0.3, 0.4) is 0 Å². The van der Waals surface area contributed by atoms with E-state index in [1.165, 1.54) is 16.8 Å². The van der Waals surface area contributed by atoms with E-state index in [1.54, 1.807) is 0 Å². The minimum Gasteiger partial charge on any atom is -0.378 e. The number of allylic oxidation sites excluding steroid dienone is 1. The van der Waals surface area contributed by atoms with Crippen molar-refractivity contribution in [1.82, 2.24) is 0 Å². The second-order valence-corrected chi connectivity index (χ2v) is 7.80. The molecule has 2 nitrogen and oxygen atoms in total. The fourth-order valence-electron chi connectivity index (χ4n) is 4.49. The van der Waals surface area contributed by atoms with Gasteiger partial charge in [0.25, 0.3) is 0 Å². The van der Waals surface area contributed by atoms with Gasteiger partial charge in [0.15, 0.2) is 0 Å². The Kier molecular flexibility index (Phi) is 3.84. The Morgan fingerprint density at radius 2 is 1.77 bits per heavy atom. The first kappa shape index (κ1) is 15.6. The Morgan fingerprint density at radius 1 is 1.14 bits per heavy atom. The van der Waals surface area contributed by atoms with Gasteiger partial charge in [-0.3, -0.25) is 0 Å². The molecule has 2 aliphatic rings. The van der Waals surface area contributed by atoms with Crippen LogP contribution in [0.5, 0.6) is 0 Å². The first-order valence-electron chi connectivity index (χ1n) is 8.43. The molecule has 22 heavy (non-hydrogen) atoms. The summed E-state index contributed by atoms with van der Waals surface area (Å²) in [4.78, 5) is 2.14. The second-order valence-electron chi connectivity index (χ2n) is 7.80. The molecule has 1 heterocycles. The summed E-state index contributed by atoms with van der Waals surface area (Å²) in [7, 11) is 4.16. The molecule has 0 saturated carbocycles. The molecule has 0 N–H and O–H groups in total. The third kappa shape index (κ3) is 2.48. The van der Waals surface area contributed by atoms with Gasteiger partial charge < -0.3 is 9.64 Å². The third-order valence-electron chi connectivity index (χ3n) is 5.81. The highest BCUT2D eigenvalue weighted by Crippen LogP contribution is 2.54. The highest BCUT2D eigenvalue weighted by Gasteiger charge is 2.49. The van der Waals surface area contributed by atoms with Gasteiger partial charge in [0.1, 0.15) is 0 Å². The smallest absolute Gasteiger partial charge is 0.0900 e. The topological polar surface area (TPSA) is 12.5 Å². The van der Waals surface area contributed by atoms with Crippen molar-refractivity contribution in [3.63, 3.8) is 0 Å². The molecule has 0 amide bonds. The van der Waals surface area contributed by atoms with Crippen LogP contribution in [-0.4, -0.2) is 19.7 Å². The summed E-state index contributed by atoms with van der Waals surface area (Å²) >= 11 is 0. The third-order valence-corrected chi connectivity index (χ3v) is 5.81. The molecular weight excluding hydrogens is 270 g/mol. The van der Waals surface area contributed by atoms with Crippen molar-refractivity contribution in [3.8, 4) is 0 Å². The summed E-state index contributed by atoms with van der Waals surface area (Å²) in [5, 5.41) is 0. The van der Waals surface area contributed by atoms with E-state index in [-0.39, 0.29) is 11.7 Å². The molecule has 0 radical (unpaired) electrons. The van der Waals surface area contributed by atoms with Crippen molar-refractivity contribution >= 4 is 5.69 Å². The molecule has 2 heteroatoms. The van der Waals surface area contributed by atoms with E-state index in [9.17, 15) is 0 Å². The fourth-order valence-corrected chi connectivity index (χ4v) is 4.49. The molecule has 1 aromatic rings. The van der Waals surface area contributed by atoms with Gasteiger partial charge in [0.05, 0.1) is 11.7 Å². The molecule has 1 aliphatic carbocycles. The van der Waals surface area contributed by atoms with E-state index >= 15 is 0 Å². The van der Waals surface area contributed by atoms with Gasteiger partial charge in [0.2, 0.25) is 0 Å². The Bertz CT molecular complexity index is 570. The summed E-state index contributed by atoms with van der Waals surface area (Å²) in [6.45, 7) is 9.22. The van der Waals surface area contributed by atoms with Gasteiger partial charge >= 0.3 is 0 Å². The number of hydrogen-bond donors (Lipinski definition) is 0. The zero-order valence-corrected chi connectivity index (χ0v) is 14.8. The minimum atomic E-state index is -0.0575. The molecule has 1 saturated heterocycles. The number of nitrogens with zero attached hydrogens (tertiary/aromatic N) is 1. The summed E-state index contributed by atoms with van der Waals surface area (Å²) < 4.78 is 6.61. The zero-order valence-electron chi connectivity index (χ0n) is 14.8. The number of benzene rings is 1. The van der Waals surface area contributed by atoms with Crippen LogP contribution in [0.2, 0.25) is 0 Å². The van der Waals surface area contributed by atoms with Gasteiger partial charge in [0, 0.05) is 25.7 Å². The van der Waals surface area contributed by atoms with Crippen LogP contribution >= 0.6 is 0 Å². The van der Waals surface area contributed by atoms with Crippen LogP contribution < -0.4 is 4.90 Å². The summed E-state index contributed by atoms with van der Waals surface area (Å²) in [6, 6.07) is 8.88. The molecule has 0 unspecified atom stereocenters. The molecule has 0 spiro atoms. The molecule has 1 aliphatic heterocycles. The van der Waals surface area contributed by atoms with Crippen molar-refractivity contribution in [1.29, 1.82) is 0 Å². The van der Waals surface area contributed by atoms with Crippen LogP contribution in [0.15, 0.2) is 35.9 Å². The van der Waals surface area contributed by atoms with E-state index in [0.717, 1.165) is 6.42 Å². The first-order valence-corrected chi connectivity index (χ1v) is 8.43. The summed E-state index contributed by atoms with van der Waals surface area (Å²) in [5.74, 6) is 1.81. The molecule has 2 bridgehead atoms. The quantitative estimate of drug-likeness (QED) is 0.726. The van der Waals surface area contributed by atoms with E-state index < -0.39 is 0 Å². The van der Waals surface area contributed by atoms with E-state index in [2.05, 4.69) is 77.0 Å². The summed E-state index contributed by atoms with van der Waals surface area (Å²) in [5.41, 5.74) is 3.99. The highest BCUT2D eigenvalue weighted by molar-refractivity contribution is 5.46. The molecule has 4 atom stereocenters. The first-order chi connectivity index (χ1) is 10.3. The van der Waals surface area contributed by atoms with E-state index in [0.29, 0.717) is 17.8 Å². The lowest BCUT2D eigenvalue weighted by Gasteiger charge is -2.53. The van der Waals surface area contributed by atoms with Gasteiger partial charge in [-0.2, -0.15) is 0 Å². The zero-order chi connectivity index (χ0) is 16.1. The number of hydrogen-bond acceptors (Lipinski definition) is 2. The molecule has 3 rings (SSSR count). The van der Waals surface area contributed by atoms with Crippen LogP contribution in [0.25, 0.3) is 0 Å². The monoisotopic (exact) mass is 299 g/mol. The van der Waals surface area contributed by atoms with Gasteiger partial charge in [-0.15, -0.1) is 0 Å². The minimum absolute atomic E-state index is 0.0575. The van der Waals surface area contributed by atoms with Crippen molar-refractivity contribution in [2.75, 3.05) is 19.0 Å². The second kappa shape index (κ2) is 5.42. The van der Waals surface area contributed by atoms with Crippen LogP contribution in [-0.2, 0) is 4.74 Å². The van der Waals surface area contributed by atoms with Gasteiger partial charge in [-0.1, -0.05) is 30.7 Å². The number of anilines is 1. The summed E-state index contributed by atoms with van der Waals surface area (Å²) in [6.07, 6.45) is 3.78. The lowest BCUT2D eigenvalue weighted by atomic mass is 9.62. The Balaban J connectivity index is 1.98. The molecule has 1 fully saturated rings. The highest BCUT2D eigenvalue weighted by atomic mass is 16.5. The largest absolute Gasteiger partial charge is 0.378 e. The Labute approximate surface area is 135 Å². The maximum Gasteiger partial charge on any atom is 0.0900 e.